The van der Waals surface area contributed by atoms with Crippen LogP contribution >= 0.6 is 0 Å². The lowest BCUT2D eigenvalue weighted by molar-refractivity contribution is -0.132. The minimum atomic E-state index is -2.20. The van der Waals surface area contributed by atoms with Gasteiger partial charge in [-0.25, -0.2) is 8.78 Å². The first-order valence-corrected chi connectivity index (χ1v) is 4.31. The number of ketones is 1. The van der Waals surface area contributed by atoms with Crippen LogP contribution in [0.2, 0.25) is 0 Å². The maximum atomic E-state index is 13.4. The minimum Gasteiger partial charge on any atom is -0.502 e. The number of nitrogens with two attached hydrogens (primary N) is 1. The second-order valence-corrected chi connectivity index (χ2v) is 3.31. The summed E-state index contributed by atoms with van der Waals surface area (Å²) in [5.41, 5.74) is 2.84. The maximum Gasteiger partial charge on any atom is 0.263 e. The van der Waals surface area contributed by atoms with E-state index >= 15 is 0 Å². The second kappa shape index (κ2) is 3.28. The molecule has 0 fully saturated rings. The zero-order valence-electron chi connectivity index (χ0n) is 7.91. The van der Waals surface area contributed by atoms with Crippen LogP contribution in [0.5, 0.6) is 0 Å². The molecule has 0 saturated carbocycles. The summed E-state index contributed by atoms with van der Waals surface area (Å²) < 4.78 is 31.0. The Balaban J connectivity index is 2.53. The van der Waals surface area contributed by atoms with E-state index < -0.39 is 34.5 Å². The summed E-state index contributed by atoms with van der Waals surface area (Å²) in [4.78, 5) is 11.4. The normalized spacial score (nSPS) is 24.2. The van der Waals surface area contributed by atoms with Gasteiger partial charge in [-0.05, 0) is 18.2 Å². The number of aliphatic hydroxyl groups is 1. The number of carbonyl (C=O) groups is 1. The first-order chi connectivity index (χ1) is 7.45. The molecule has 84 valence electrons. The molecule has 1 unspecified atom stereocenters. The van der Waals surface area contributed by atoms with Gasteiger partial charge in [-0.2, -0.15) is 0 Å². The van der Waals surface area contributed by atoms with E-state index in [9.17, 15) is 13.6 Å². The maximum absolute atomic E-state index is 13.4. The topological polar surface area (TPSA) is 72.6 Å². The molecule has 6 heteroatoms. The molecule has 0 spiro atoms. The quantitative estimate of drug-likeness (QED) is 0.752. The van der Waals surface area contributed by atoms with Crippen molar-refractivity contribution in [3.05, 3.63) is 47.4 Å². The Morgan fingerprint density at radius 3 is 2.62 bits per heavy atom. The predicted octanol–water partition coefficient (Wildman–Crippen LogP) is 1.08. The number of aliphatic hydroxyl groups excluding tert-OH is 1. The number of benzene rings is 1. The Morgan fingerprint density at radius 1 is 1.38 bits per heavy atom. The van der Waals surface area contributed by atoms with Gasteiger partial charge >= 0.3 is 0 Å². The van der Waals surface area contributed by atoms with Crippen molar-refractivity contribution < 1.29 is 23.4 Å². The average Bonchev–Trinajstić information content (AvgIpc) is 2.51. The highest BCUT2D eigenvalue weighted by atomic mass is 19.1. The third-order valence-electron chi connectivity index (χ3n) is 2.25. The summed E-state index contributed by atoms with van der Waals surface area (Å²) >= 11 is 0. The molecule has 0 bridgehead atoms. The third-order valence-corrected chi connectivity index (χ3v) is 2.25. The van der Waals surface area contributed by atoms with Crippen LogP contribution in [0.25, 0.3) is 0 Å². The van der Waals surface area contributed by atoms with Gasteiger partial charge in [0.05, 0.1) is 5.56 Å². The number of rotatable bonds is 1. The Kier molecular flexibility index (Phi) is 2.16. The Morgan fingerprint density at radius 2 is 2.06 bits per heavy atom. The van der Waals surface area contributed by atoms with Gasteiger partial charge in [0.25, 0.3) is 11.5 Å². The van der Waals surface area contributed by atoms with E-state index in [1.807, 2.05) is 0 Å². The first-order valence-electron chi connectivity index (χ1n) is 4.31. The standard InChI is InChI=1S/C10H7F2NO3/c11-5-1-2-7(12)6(3-5)10(13)9(15)8(14)4-16-10/h1-4,14H,13H2. The number of hydrogen-bond donors (Lipinski definition) is 2. The summed E-state index contributed by atoms with van der Waals surface area (Å²) in [6.07, 6.45) is 0.701. The molecule has 1 heterocycles. The molecule has 0 radical (unpaired) electrons. The van der Waals surface area contributed by atoms with Crippen molar-refractivity contribution in [2.24, 2.45) is 5.73 Å². The highest BCUT2D eigenvalue weighted by Crippen LogP contribution is 2.31. The van der Waals surface area contributed by atoms with Gasteiger partial charge in [0, 0.05) is 0 Å². The summed E-state index contributed by atoms with van der Waals surface area (Å²) in [5.74, 6) is -3.40. The lowest BCUT2D eigenvalue weighted by Gasteiger charge is -2.22. The second-order valence-electron chi connectivity index (χ2n) is 3.31. The van der Waals surface area contributed by atoms with Crippen LogP contribution in [0, 0.1) is 11.6 Å². The number of carbonyl (C=O) groups excluding carboxylic acids is 1. The van der Waals surface area contributed by atoms with Crippen molar-refractivity contribution in [3.8, 4) is 0 Å². The monoisotopic (exact) mass is 227 g/mol. The van der Waals surface area contributed by atoms with E-state index in [0.29, 0.717) is 6.26 Å². The molecule has 1 aliphatic rings. The van der Waals surface area contributed by atoms with Crippen LogP contribution in [0.1, 0.15) is 5.56 Å². The van der Waals surface area contributed by atoms with Crippen molar-refractivity contribution in [2.45, 2.75) is 5.72 Å². The highest BCUT2D eigenvalue weighted by Gasteiger charge is 2.46. The zero-order chi connectivity index (χ0) is 11.9. The Labute approximate surface area is 88.9 Å². The van der Waals surface area contributed by atoms with Gasteiger partial charge in [-0.3, -0.25) is 10.5 Å². The van der Waals surface area contributed by atoms with Gasteiger partial charge in [0.15, 0.2) is 0 Å². The predicted molar refractivity (Wildman–Crippen MR) is 49.0 cm³/mol. The smallest absolute Gasteiger partial charge is 0.263 e. The third kappa shape index (κ3) is 1.35. The fourth-order valence-electron chi connectivity index (χ4n) is 1.41. The summed E-state index contributed by atoms with van der Waals surface area (Å²) in [7, 11) is 0. The zero-order valence-corrected chi connectivity index (χ0v) is 7.91. The van der Waals surface area contributed by atoms with Gasteiger partial charge in [0.1, 0.15) is 17.9 Å². The van der Waals surface area contributed by atoms with Crippen molar-refractivity contribution in [2.75, 3.05) is 0 Å². The molecule has 1 aromatic carbocycles. The SMILES string of the molecule is NC1(c2cc(F)ccc2F)OC=C(O)C1=O. The largest absolute Gasteiger partial charge is 0.502 e. The summed E-state index contributed by atoms with van der Waals surface area (Å²) in [5, 5.41) is 9.05. The van der Waals surface area contributed by atoms with E-state index in [1.54, 1.807) is 0 Å². The minimum absolute atomic E-state index is 0.460. The molecule has 1 aromatic rings. The number of halogens is 2. The fourth-order valence-corrected chi connectivity index (χ4v) is 1.41. The number of ether oxygens (including phenoxy) is 1. The van der Waals surface area contributed by atoms with Gasteiger partial charge in [-0.1, -0.05) is 0 Å². The highest BCUT2D eigenvalue weighted by molar-refractivity contribution is 6.01. The van der Waals surface area contributed by atoms with E-state index in [0.717, 1.165) is 18.2 Å². The van der Waals surface area contributed by atoms with Crippen LogP contribution in [0.3, 0.4) is 0 Å². The first kappa shape index (κ1) is 10.6. The molecule has 0 saturated heterocycles. The van der Waals surface area contributed by atoms with E-state index in [1.165, 1.54) is 0 Å². The fraction of sp³-hybridized carbons (Fsp3) is 0.100. The lowest BCUT2D eigenvalue weighted by atomic mass is 9.98. The molecule has 3 N–H and O–H groups in total. The van der Waals surface area contributed by atoms with E-state index in [2.05, 4.69) is 0 Å². The van der Waals surface area contributed by atoms with Crippen molar-refractivity contribution in [3.63, 3.8) is 0 Å². The van der Waals surface area contributed by atoms with Crippen LogP contribution in [0.4, 0.5) is 8.78 Å². The van der Waals surface area contributed by atoms with Crippen molar-refractivity contribution in [1.29, 1.82) is 0 Å². The molecule has 0 amide bonds. The summed E-state index contributed by atoms with van der Waals surface area (Å²) in [6.45, 7) is 0. The van der Waals surface area contributed by atoms with Gasteiger partial charge < -0.3 is 9.84 Å². The van der Waals surface area contributed by atoms with Crippen LogP contribution < -0.4 is 5.73 Å². The van der Waals surface area contributed by atoms with Crippen LogP contribution in [0.15, 0.2) is 30.2 Å². The van der Waals surface area contributed by atoms with Crippen LogP contribution in [-0.4, -0.2) is 10.9 Å². The Hall–Kier alpha value is -1.95. The molecular formula is C10H7F2NO3. The summed E-state index contributed by atoms with van der Waals surface area (Å²) in [6, 6.07) is 2.46. The average molecular weight is 227 g/mol. The van der Waals surface area contributed by atoms with E-state index in [4.69, 9.17) is 15.6 Å². The molecule has 0 aromatic heterocycles. The number of Topliss-reactive ketones (excluding diaryl/α,β-unsaturated/α-hetero) is 1. The van der Waals surface area contributed by atoms with Gasteiger partial charge in [0.2, 0.25) is 5.76 Å². The molecular weight excluding hydrogens is 220 g/mol. The molecule has 1 aliphatic heterocycles. The van der Waals surface area contributed by atoms with Crippen molar-refractivity contribution in [1.82, 2.24) is 0 Å². The number of hydrogen-bond acceptors (Lipinski definition) is 4. The van der Waals surface area contributed by atoms with Crippen molar-refractivity contribution >= 4 is 5.78 Å². The molecule has 1 atom stereocenters. The van der Waals surface area contributed by atoms with E-state index in [-0.39, 0.29) is 0 Å². The molecule has 2 rings (SSSR count). The lowest BCUT2D eigenvalue weighted by Crippen LogP contribution is -2.44. The Bertz CT molecular complexity index is 501. The molecule has 4 nitrogen and oxygen atoms in total. The van der Waals surface area contributed by atoms with Gasteiger partial charge in [-0.15, -0.1) is 0 Å². The van der Waals surface area contributed by atoms with Crippen LogP contribution in [-0.2, 0) is 15.3 Å². The molecule has 0 aliphatic carbocycles. The molecule has 16 heavy (non-hydrogen) atoms.